The Balaban J connectivity index is 1.69. The predicted octanol–water partition coefficient (Wildman–Crippen LogP) is 2.69. The molecule has 10 heteroatoms. The molecule has 0 aliphatic rings. The number of sulfonamides is 1. The number of carbonyl (C=O) groups excluding carboxylic acids is 1. The third-order valence-electron chi connectivity index (χ3n) is 4.23. The summed E-state index contributed by atoms with van der Waals surface area (Å²) in [5.41, 5.74) is 0.0350. The van der Waals surface area contributed by atoms with Gasteiger partial charge in [0.05, 0.1) is 10.5 Å². The zero-order chi connectivity index (χ0) is 21.7. The minimum absolute atomic E-state index is 0.176. The summed E-state index contributed by atoms with van der Waals surface area (Å²) >= 11 is 0. The first-order valence-electron chi connectivity index (χ1n) is 9.10. The molecule has 3 rings (SSSR count). The zero-order valence-electron chi connectivity index (χ0n) is 16.4. The SMILES string of the molecule is CCNS(=O)(=O)c1ccc(F)c(C(=O)Nc2ccc(OCc3nccn3C)cc2)c1. The van der Waals surface area contributed by atoms with Gasteiger partial charge in [-0.3, -0.25) is 4.79 Å². The summed E-state index contributed by atoms with van der Waals surface area (Å²) in [7, 11) is -1.95. The van der Waals surface area contributed by atoms with E-state index >= 15 is 0 Å². The molecule has 1 amide bonds. The first kappa shape index (κ1) is 21.5. The van der Waals surface area contributed by atoms with Gasteiger partial charge in [-0.1, -0.05) is 6.92 Å². The summed E-state index contributed by atoms with van der Waals surface area (Å²) < 4.78 is 48.1. The third-order valence-corrected chi connectivity index (χ3v) is 5.77. The lowest BCUT2D eigenvalue weighted by atomic mass is 10.2. The van der Waals surface area contributed by atoms with Gasteiger partial charge < -0.3 is 14.6 Å². The Labute approximate surface area is 173 Å². The average molecular weight is 432 g/mol. The Hall–Kier alpha value is -3.24. The van der Waals surface area contributed by atoms with Gasteiger partial charge in [0, 0.05) is 31.7 Å². The molecule has 1 aromatic heterocycles. The molecule has 0 atom stereocenters. The Morgan fingerprint density at radius 3 is 2.57 bits per heavy atom. The van der Waals surface area contributed by atoms with Crippen molar-refractivity contribution in [3.63, 3.8) is 0 Å². The molecular weight excluding hydrogens is 411 g/mol. The molecule has 3 aromatic rings. The van der Waals surface area contributed by atoms with Crippen LogP contribution in [0.15, 0.2) is 59.8 Å². The predicted molar refractivity (Wildman–Crippen MR) is 109 cm³/mol. The Morgan fingerprint density at radius 1 is 1.20 bits per heavy atom. The number of nitrogens with zero attached hydrogens (tertiary/aromatic N) is 2. The molecular formula is C20H21FN4O4S. The van der Waals surface area contributed by atoms with Crippen LogP contribution in [-0.2, 0) is 23.7 Å². The van der Waals surface area contributed by atoms with Crippen molar-refractivity contribution in [3.05, 3.63) is 72.1 Å². The summed E-state index contributed by atoms with van der Waals surface area (Å²) in [6.07, 6.45) is 3.49. The van der Waals surface area contributed by atoms with Crippen molar-refractivity contribution in [1.82, 2.24) is 14.3 Å². The van der Waals surface area contributed by atoms with Crippen molar-refractivity contribution < 1.29 is 22.3 Å². The van der Waals surface area contributed by atoms with E-state index in [0.29, 0.717) is 11.4 Å². The summed E-state index contributed by atoms with van der Waals surface area (Å²) in [4.78, 5) is 16.4. The quantitative estimate of drug-likeness (QED) is 0.570. The fraction of sp³-hybridized carbons (Fsp3) is 0.200. The minimum Gasteiger partial charge on any atom is -0.486 e. The third kappa shape index (κ3) is 5.02. The topological polar surface area (TPSA) is 102 Å². The maximum atomic E-state index is 14.1. The molecule has 2 N–H and O–H groups in total. The number of benzene rings is 2. The van der Waals surface area contributed by atoms with Gasteiger partial charge in [-0.15, -0.1) is 0 Å². The van der Waals surface area contributed by atoms with Gasteiger partial charge in [-0.05, 0) is 42.5 Å². The molecule has 0 aliphatic carbocycles. The highest BCUT2D eigenvalue weighted by Gasteiger charge is 2.19. The number of halogens is 1. The van der Waals surface area contributed by atoms with Crippen molar-refractivity contribution in [3.8, 4) is 5.75 Å². The maximum Gasteiger partial charge on any atom is 0.258 e. The monoisotopic (exact) mass is 432 g/mol. The molecule has 0 radical (unpaired) electrons. The van der Waals surface area contributed by atoms with E-state index in [1.54, 1.807) is 37.4 Å². The Morgan fingerprint density at radius 2 is 1.93 bits per heavy atom. The average Bonchev–Trinajstić information content (AvgIpc) is 3.12. The van der Waals surface area contributed by atoms with Crippen LogP contribution in [0.5, 0.6) is 5.75 Å². The van der Waals surface area contributed by atoms with E-state index in [1.165, 1.54) is 0 Å². The molecule has 0 spiro atoms. The number of carbonyl (C=O) groups is 1. The summed E-state index contributed by atoms with van der Waals surface area (Å²) in [6, 6.07) is 9.58. The summed E-state index contributed by atoms with van der Waals surface area (Å²) in [5.74, 6) is -0.253. The van der Waals surface area contributed by atoms with E-state index in [9.17, 15) is 17.6 Å². The molecule has 0 unspecified atom stereocenters. The highest BCUT2D eigenvalue weighted by atomic mass is 32.2. The standard InChI is InChI=1S/C20H21FN4O4S/c1-3-23-30(27,28)16-8-9-18(21)17(12-16)20(26)24-14-4-6-15(7-5-14)29-13-19-22-10-11-25(19)2/h4-12,23H,3,13H2,1-2H3,(H,24,26). The van der Waals surface area contributed by atoms with Crippen LogP contribution in [0.4, 0.5) is 10.1 Å². The van der Waals surface area contributed by atoms with E-state index in [0.717, 1.165) is 24.0 Å². The van der Waals surface area contributed by atoms with Crippen LogP contribution in [0.25, 0.3) is 0 Å². The van der Waals surface area contributed by atoms with Crippen LogP contribution < -0.4 is 14.8 Å². The van der Waals surface area contributed by atoms with Gasteiger partial charge in [0.2, 0.25) is 10.0 Å². The molecule has 158 valence electrons. The fourth-order valence-electron chi connectivity index (χ4n) is 2.64. The molecule has 0 saturated heterocycles. The van der Waals surface area contributed by atoms with Gasteiger partial charge in [0.25, 0.3) is 5.91 Å². The number of rotatable bonds is 8. The molecule has 1 heterocycles. The number of aromatic nitrogens is 2. The van der Waals surface area contributed by atoms with Crippen molar-refractivity contribution in [2.24, 2.45) is 7.05 Å². The normalized spacial score (nSPS) is 11.3. The molecule has 0 saturated carbocycles. The van der Waals surface area contributed by atoms with E-state index < -0.39 is 21.7 Å². The Bertz CT molecular complexity index is 1140. The van der Waals surface area contributed by atoms with E-state index in [1.807, 2.05) is 17.8 Å². The van der Waals surface area contributed by atoms with Gasteiger partial charge in [-0.25, -0.2) is 22.5 Å². The first-order valence-corrected chi connectivity index (χ1v) is 10.6. The van der Waals surface area contributed by atoms with Gasteiger partial charge in [-0.2, -0.15) is 0 Å². The molecule has 2 aromatic carbocycles. The number of hydrogen-bond donors (Lipinski definition) is 2. The van der Waals surface area contributed by atoms with Crippen LogP contribution in [-0.4, -0.2) is 30.4 Å². The summed E-state index contributed by atoms with van der Waals surface area (Å²) in [6.45, 7) is 2.09. The van der Waals surface area contributed by atoms with Crippen molar-refractivity contribution in [2.75, 3.05) is 11.9 Å². The maximum absolute atomic E-state index is 14.1. The smallest absolute Gasteiger partial charge is 0.258 e. The van der Waals surface area contributed by atoms with Crippen LogP contribution in [0.2, 0.25) is 0 Å². The lowest BCUT2D eigenvalue weighted by Crippen LogP contribution is -2.24. The second-order valence-corrected chi connectivity index (χ2v) is 8.13. The van der Waals surface area contributed by atoms with Gasteiger partial charge in [0.15, 0.2) is 0 Å². The van der Waals surface area contributed by atoms with E-state index in [-0.39, 0.29) is 23.6 Å². The lowest BCUT2D eigenvalue weighted by Gasteiger charge is -2.10. The van der Waals surface area contributed by atoms with Crippen molar-refractivity contribution in [1.29, 1.82) is 0 Å². The zero-order valence-corrected chi connectivity index (χ0v) is 17.2. The number of hydrogen-bond acceptors (Lipinski definition) is 5. The van der Waals surface area contributed by atoms with Crippen LogP contribution in [0, 0.1) is 5.82 Å². The number of nitrogens with one attached hydrogen (secondary N) is 2. The Kier molecular flexibility index (Phi) is 6.48. The van der Waals surface area contributed by atoms with Crippen molar-refractivity contribution >= 4 is 21.6 Å². The van der Waals surface area contributed by atoms with E-state index in [2.05, 4.69) is 15.0 Å². The first-order chi connectivity index (χ1) is 14.3. The fourth-order valence-corrected chi connectivity index (χ4v) is 3.70. The molecule has 0 bridgehead atoms. The minimum atomic E-state index is -3.81. The second kappa shape index (κ2) is 9.06. The molecule has 30 heavy (non-hydrogen) atoms. The van der Waals surface area contributed by atoms with E-state index in [4.69, 9.17) is 4.74 Å². The number of aryl methyl sites for hydroxylation is 1. The largest absolute Gasteiger partial charge is 0.486 e. The van der Waals surface area contributed by atoms with Crippen molar-refractivity contribution in [2.45, 2.75) is 18.4 Å². The molecule has 0 aliphatic heterocycles. The lowest BCUT2D eigenvalue weighted by molar-refractivity contribution is 0.102. The van der Waals surface area contributed by atoms with Crippen LogP contribution in [0.3, 0.4) is 0 Å². The number of ether oxygens (including phenoxy) is 1. The van der Waals surface area contributed by atoms with Crippen LogP contribution in [0.1, 0.15) is 23.1 Å². The van der Waals surface area contributed by atoms with Gasteiger partial charge in [0.1, 0.15) is 24.0 Å². The summed E-state index contributed by atoms with van der Waals surface area (Å²) in [5, 5.41) is 2.55. The second-order valence-electron chi connectivity index (χ2n) is 6.36. The molecule has 8 nitrogen and oxygen atoms in total. The number of anilines is 1. The highest BCUT2D eigenvalue weighted by Crippen LogP contribution is 2.20. The highest BCUT2D eigenvalue weighted by molar-refractivity contribution is 7.89. The number of imidazole rings is 1. The van der Waals surface area contributed by atoms with Crippen LogP contribution >= 0.6 is 0 Å². The molecule has 0 fully saturated rings. The van der Waals surface area contributed by atoms with Gasteiger partial charge >= 0.3 is 0 Å². The number of amides is 1.